The summed E-state index contributed by atoms with van der Waals surface area (Å²) in [4.78, 5) is 14.5. The van der Waals surface area contributed by atoms with Crippen molar-refractivity contribution in [2.24, 2.45) is 0 Å². The van der Waals surface area contributed by atoms with Crippen molar-refractivity contribution in [3.63, 3.8) is 0 Å². The van der Waals surface area contributed by atoms with Gasteiger partial charge in [0.2, 0.25) is 5.91 Å². The molecule has 0 radical (unpaired) electrons. The Balaban J connectivity index is 1.63. The third kappa shape index (κ3) is 3.22. The summed E-state index contributed by atoms with van der Waals surface area (Å²) in [7, 11) is 0. The van der Waals surface area contributed by atoms with E-state index in [-0.39, 0.29) is 5.91 Å². The van der Waals surface area contributed by atoms with Crippen molar-refractivity contribution in [2.75, 3.05) is 18.4 Å². The molecular formula is C18H26N2O. The van der Waals surface area contributed by atoms with Gasteiger partial charge in [0.1, 0.15) is 0 Å². The lowest BCUT2D eigenvalue weighted by atomic mass is 9.90. The highest BCUT2D eigenvalue weighted by atomic mass is 16.2. The van der Waals surface area contributed by atoms with Crippen LogP contribution in [-0.2, 0) is 17.6 Å². The predicted molar refractivity (Wildman–Crippen MR) is 86.6 cm³/mol. The Morgan fingerprint density at radius 3 is 2.95 bits per heavy atom. The van der Waals surface area contributed by atoms with E-state index in [1.54, 1.807) is 0 Å². The number of hydrogen-bond acceptors (Lipinski definition) is 2. The summed E-state index contributed by atoms with van der Waals surface area (Å²) in [5, 5.41) is 3.40. The maximum Gasteiger partial charge on any atom is 0.242 e. The molecule has 1 atom stereocenters. The topological polar surface area (TPSA) is 32.3 Å². The molecule has 1 aliphatic carbocycles. The van der Waals surface area contributed by atoms with E-state index in [4.69, 9.17) is 0 Å². The van der Waals surface area contributed by atoms with Crippen molar-refractivity contribution in [3.8, 4) is 0 Å². The summed E-state index contributed by atoms with van der Waals surface area (Å²) < 4.78 is 0. The fourth-order valence-electron chi connectivity index (χ4n) is 3.69. The molecule has 1 heterocycles. The minimum atomic E-state index is 0.246. The number of hydrogen-bond donors (Lipinski definition) is 1. The molecule has 3 heteroatoms. The molecule has 1 aliphatic heterocycles. The smallest absolute Gasteiger partial charge is 0.242 e. The zero-order chi connectivity index (χ0) is 14.7. The first kappa shape index (κ1) is 14.4. The van der Waals surface area contributed by atoms with Gasteiger partial charge in [0.05, 0.1) is 6.54 Å². The molecule has 114 valence electrons. The van der Waals surface area contributed by atoms with Crippen LogP contribution < -0.4 is 5.32 Å². The van der Waals surface area contributed by atoms with Crippen LogP contribution in [0.1, 0.15) is 50.2 Å². The molecule has 1 unspecified atom stereocenters. The Kier molecular flexibility index (Phi) is 4.47. The first-order chi connectivity index (χ1) is 10.3. The van der Waals surface area contributed by atoms with E-state index in [1.807, 2.05) is 4.90 Å². The summed E-state index contributed by atoms with van der Waals surface area (Å²) in [6, 6.07) is 6.86. The third-order valence-corrected chi connectivity index (χ3v) is 4.95. The molecule has 3 nitrogen and oxygen atoms in total. The van der Waals surface area contributed by atoms with Crippen LogP contribution in [0.2, 0.25) is 0 Å². The van der Waals surface area contributed by atoms with Gasteiger partial charge < -0.3 is 10.2 Å². The van der Waals surface area contributed by atoms with Gasteiger partial charge in [0.15, 0.2) is 0 Å². The highest BCUT2D eigenvalue weighted by Gasteiger charge is 2.23. The Bertz CT molecular complexity index is 512. The van der Waals surface area contributed by atoms with Crippen LogP contribution >= 0.6 is 0 Å². The Morgan fingerprint density at radius 1 is 1.24 bits per heavy atom. The van der Waals surface area contributed by atoms with E-state index >= 15 is 0 Å². The maximum atomic E-state index is 12.4. The summed E-state index contributed by atoms with van der Waals surface area (Å²) in [6.07, 6.45) is 8.44. The average molecular weight is 286 g/mol. The molecule has 2 aliphatic rings. The number of fused-ring (bicyclic) bond motifs is 1. The lowest BCUT2D eigenvalue weighted by molar-refractivity contribution is -0.132. The van der Waals surface area contributed by atoms with Crippen LogP contribution in [0.15, 0.2) is 18.2 Å². The molecule has 0 spiro atoms. The number of piperidine rings is 1. The fourth-order valence-corrected chi connectivity index (χ4v) is 3.69. The predicted octanol–water partition coefficient (Wildman–Crippen LogP) is 3.38. The monoisotopic (exact) mass is 286 g/mol. The standard InChI is InChI=1S/C18H26N2O/c1-14-7-4-5-12-20(14)18(21)13-19-17-11-6-9-15-8-2-3-10-16(15)17/h6,9,11,14,19H,2-5,7-8,10,12-13H2,1H3. The van der Waals surface area contributed by atoms with Crippen LogP contribution in [0.25, 0.3) is 0 Å². The van der Waals surface area contributed by atoms with Crippen molar-refractivity contribution < 1.29 is 4.79 Å². The third-order valence-electron chi connectivity index (χ3n) is 4.95. The SMILES string of the molecule is CC1CCCCN1C(=O)CNc1cccc2c1CCCC2. The zero-order valence-corrected chi connectivity index (χ0v) is 13.0. The van der Waals surface area contributed by atoms with Crippen LogP contribution in [-0.4, -0.2) is 29.9 Å². The van der Waals surface area contributed by atoms with Crippen LogP contribution in [0.5, 0.6) is 0 Å². The van der Waals surface area contributed by atoms with Gasteiger partial charge >= 0.3 is 0 Å². The number of nitrogens with one attached hydrogen (secondary N) is 1. The van der Waals surface area contributed by atoms with E-state index in [0.29, 0.717) is 12.6 Å². The van der Waals surface area contributed by atoms with Crippen molar-refractivity contribution in [1.29, 1.82) is 0 Å². The molecule has 1 fully saturated rings. The number of aryl methyl sites for hydroxylation is 1. The number of anilines is 1. The van der Waals surface area contributed by atoms with Gasteiger partial charge in [-0.05, 0) is 69.1 Å². The number of nitrogens with zero attached hydrogens (tertiary/aromatic N) is 1. The van der Waals surface area contributed by atoms with Crippen molar-refractivity contribution in [2.45, 2.75) is 57.9 Å². The van der Waals surface area contributed by atoms with E-state index in [9.17, 15) is 4.79 Å². The number of benzene rings is 1. The van der Waals surface area contributed by atoms with Gasteiger partial charge in [-0.15, -0.1) is 0 Å². The van der Waals surface area contributed by atoms with E-state index in [2.05, 4.69) is 30.4 Å². The fraction of sp³-hybridized carbons (Fsp3) is 0.611. The summed E-state index contributed by atoms with van der Waals surface area (Å²) in [5.41, 5.74) is 4.07. The molecule has 1 aromatic carbocycles. The second-order valence-corrected chi connectivity index (χ2v) is 6.44. The van der Waals surface area contributed by atoms with Gasteiger partial charge in [-0.3, -0.25) is 4.79 Å². The van der Waals surface area contributed by atoms with E-state index < -0.39 is 0 Å². The summed E-state index contributed by atoms with van der Waals surface area (Å²) in [6.45, 7) is 3.52. The maximum absolute atomic E-state index is 12.4. The molecule has 3 rings (SSSR count). The molecule has 1 saturated heterocycles. The van der Waals surface area contributed by atoms with Crippen LogP contribution in [0.4, 0.5) is 5.69 Å². The van der Waals surface area contributed by atoms with Gasteiger partial charge in [0, 0.05) is 18.3 Å². The quantitative estimate of drug-likeness (QED) is 0.924. The minimum absolute atomic E-state index is 0.246. The lowest BCUT2D eigenvalue weighted by Gasteiger charge is -2.33. The molecule has 1 amide bonds. The molecule has 0 aromatic heterocycles. The zero-order valence-electron chi connectivity index (χ0n) is 13.0. The first-order valence-electron chi connectivity index (χ1n) is 8.40. The molecule has 21 heavy (non-hydrogen) atoms. The van der Waals surface area contributed by atoms with Crippen molar-refractivity contribution >= 4 is 11.6 Å². The Morgan fingerprint density at radius 2 is 2.10 bits per heavy atom. The Labute approximate surface area is 127 Å². The van der Waals surface area contributed by atoms with Gasteiger partial charge in [0.25, 0.3) is 0 Å². The average Bonchev–Trinajstić information content (AvgIpc) is 2.53. The second-order valence-electron chi connectivity index (χ2n) is 6.44. The highest BCUT2D eigenvalue weighted by molar-refractivity contribution is 5.81. The van der Waals surface area contributed by atoms with Gasteiger partial charge in [-0.25, -0.2) is 0 Å². The number of likely N-dealkylation sites (tertiary alicyclic amines) is 1. The normalized spacial score (nSPS) is 21.8. The molecule has 1 aromatic rings. The number of carbonyl (C=O) groups is 1. The Hall–Kier alpha value is -1.51. The number of rotatable bonds is 3. The van der Waals surface area contributed by atoms with Crippen LogP contribution in [0.3, 0.4) is 0 Å². The second kappa shape index (κ2) is 6.50. The lowest BCUT2D eigenvalue weighted by Crippen LogP contribution is -2.44. The molecule has 0 bridgehead atoms. The first-order valence-corrected chi connectivity index (χ1v) is 8.40. The molecule has 1 N–H and O–H groups in total. The largest absolute Gasteiger partial charge is 0.376 e. The minimum Gasteiger partial charge on any atom is -0.376 e. The molecule has 0 saturated carbocycles. The summed E-state index contributed by atoms with van der Waals surface area (Å²) >= 11 is 0. The van der Waals surface area contributed by atoms with Gasteiger partial charge in [-0.2, -0.15) is 0 Å². The van der Waals surface area contributed by atoms with Crippen molar-refractivity contribution in [3.05, 3.63) is 29.3 Å². The molecular weight excluding hydrogens is 260 g/mol. The number of carbonyl (C=O) groups excluding carboxylic acids is 1. The highest BCUT2D eigenvalue weighted by Crippen LogP contribution is 2.27. The number of amides is 1. The van der Waals surface area contributed by atoms with Gasteiger partial charge in [-0.1, -0.05) is 12.1 Å². The van der Waals surface area contributed by atoms with E-state index in [0.717, 1.165) is 25.8 Å². The van der Waals surface area contributed by atoms with E-state index in [1.165, 1.54) is 42.5 Å². The summed E-state index contributed by atoms with van der Waals surface area (Å²) in [5.74, 6) is 0.246. The van der Waals surface area contributed by atoms with Crippen LogP contribution in [0, 0.1) is 0 Å². The van der Waals surface area contributed by atoms with Crippen molar-refractivity contribution in [1.82, 2.24) is 4.90 Å².